The molecule has 4 rings (SSSR count). The molecule has 0 unspecified atom stereocenters. The Morgan fingerprint density at radius 1 is 0.913 bits per heavy atom. The van der Waals surface area contributed by atoms with Gasteiger partial charge in [0.25, 0.3) is 0 Å². The Bertz CT molecular complexity index is 975. The molecule has 112 valence electrons. The van der Waals surface area contributed by atoms with E-state index < -0.39 is 0 Å². The van der Waals surface area contributed by atoms with Crippen molar-refractivity contribution in [2.45, 2.75) is 0 Å². The molecule has 0 aliphatic carbocycles. The van der Waals surface area contributed by atoms with Gasteiger partial charge in [0.05, 0.1) is 11.9 Å². The van der Waals surface area contributed by atoms with Gasteiger partial charge >= 0.3 is 0 Å². The fourth-order valence-corrected chi connectivity index (χ4v) is 2.84. The molecule has 0 spiro atoms. The van der Waals surface area contributed by atoms with Crippen LogP contribution in [-0.4, -0.2) is 14.6 Å². The Hall–Kier alpha value is -2.66. The summed E-state index contributed by atoms with van der Waals surface area (Å²) in [5, 5.41) is 4.37. The molecule has 0 radical (unpaired) electrons. The summed E-state index contributed by atoms with van der Waals surface area (Å²) in [5.41, 5.74) is 10.8. The van der Waals surface area contributed by atoms with Crippen molar-refractivity contribution in [1.29, 1.82) is 0 Å². The molecule has 4 nitrogen and oxygen atoms in total. The minimum absolute atomic E-state index is 0.567. The Morgan fingerprint density at radius 2 is 1.65 bits per heavy atom. The lowest BCUT2D eigenvalue weighted by Crippen LogP contribution is -2.01. The number of anilines is 1. The molecule has 0 aliphatic heterocycles. The van der Waals surface area contributed by atoms with Crippen LogP contribution in [-0.2, 0) is 0 Å². The van der Waals surface area contributed by atoms with Crippen LogP contribution in [0.3, 0.4) is 0 Å². The molecule has 0 aliphatic rings. The monoisotopic (exact) mass is 364 g/mol. The van der Waals surface area contributed by atoms with Gasteiger partial charge in [0.2, 0.25) is 0 Å². The number of halogens is 1. The van der Waals surface area contributed by atoms with Gasteiger partial charge in [-0.05, 0) is 17.7 Å². The van der Waals surface area contributed by atoms with E-state index in [0.717, 1.165) is 32.5 Å². The van der Waals surface area contributed by atoms with Crippen LogP contribution < -0.4 is 5.73 Å². The maximum Gasteiger partial charge on any atom is 0.165 e. The van der Waals surface area contributed by atoms with Crippen molar-refractivity contribution in [3.05, 3.63) is 71.3 Å². The normalized spacial score (nSPS) is 11.0. The molecule has 5 heteroatoms. The summed E-state index contributed by atoms with van der Waals surface area (Å²) in [7, 11) is 0. The molecular weight excluding hydrogens is 352 g/mol. The zero-order valence-corrected chi connectivity index (χ0v) is 13.7. The van der Waals surface area contributed by atoms with Crippen LogP contribution in [0.5, 0.6) is 0 Å². The van der Waals surface area contributed by atoms with E-state index >= 15 is 0 Å². The van der Waals surface area contributed by atoms with E-state index in [9.17, 15) is 0 Å². The quantitative estimate of drug-likeness (QED) is 0.573. The second kappa shape index (κ2) is 5.52. The standard InChI is InChI=1S/C18H13BrN4/c19-14-8-6-12(7-9-14)15-11-21-23-17(20)10-16(22-18(15)23)13-4-2-1-3-5-13/h1-11H,20H2. The molecule has 0 atom stereocenters. The van der Waals surface area contributed by atoms with Gasteiger partial charge in [-0.15, -0.1) is 0 Å². The minimum atomic E-state index is 0.567. The third kappa shape index (κ3) is 2.49. The van der Waals surface area contributed by atoms with Gasteiger partial charge < -0.3 is 5.73 Å². The zero-order chi connectivity index (χ0) is 15.8. The van der Waals surface area contributed by atoms with Crippen LogP contribution in [0, 0.1) is 0 Å². The average Bonchev–Trinajstić information content (AvgIpc) is 3.01. The number of nitrogens with two attached hydrogens (primary N) is 1. The first kappa shape index (κ1) is 14.0. The van der Waals surface area contributed by atoms with E-state index in [-0.39, 0.29) is 0 Å². The lowest BCUT2D eigenvalue weighted by atomic mass is 10.1. The van der Waals surface area contributed by atoms with Crippen LogP contribution in [0.1, 0.15) is 0 Å². The summed E-state index contributed by atoms with van der Waals surface area (Å²) in [5.74, 6) is 0.567. The van der Waals surface area contributed by atoms with E-state index in [4.69, 9.17) is 10.7 Å². The van der Waals surface area contributed by atoms with Crippen molar-refractivity contribution in [3.8, 4) is 22.4 Å². The SMILES string of the molecule is Nc1cc(-c2ccccc2)nc2c(-c3ccc(Br)cc3)cnn12. The summed E-state index contributed by atoms with van der Waals surface area (Å²) in [6.07, 6.45) is 1.80. The number of benzene rings is 2. The molecule has 4 aromatic rings. The highest BCUT2D eigenvalue weighted by Crippen LogP contribution is 2.28. The van der Waals surface area contributed by atoms with E-state index in [2.05, 4.69) is 21.0 Å². The highest BCUT2D eigenvalue weighted by atomic mass is 79.9. The lowest BCUT2D eigenvalue weighted by Gasteiger charge is -2.06. The number of nitrogens with zero attached hydrogens (tertiary/aromatic N) is 3. The largest absolute Gasteiger partial charge is 0.384 e. The Labute approximate surface area is 141 Å². The molecule has 0 amide bonds. The maximum atomic E-state index is 6.16. The van der Waals surface area contributed by atoms with E-state index in [0.29, 0.717) is 5.82 Å². The van der Waals surface area contributed by atoms with Gasteiger partial charge in [0, 0.05) is 21.7 Å². The second-order valence-corrected chi connectivity index (χ2v) is 6.15. The third-order valence-electron chi connectivity index (χ3n) is 3.72. The molecule has 0 bridgehead atoms. The van der Waals surface area contributed by atoms with Crippen molar-refractivity contribution in [3.63, 3.8) is 0 Å². The molecule has 2 aromatic heterocycles. The maximum absolute atomic E-state index is 6.16. The third-order valence-corrected chi connectivity index (χ3v) is 4.25. The molecule has 2 heterocycles. The molecule has 0 fully saturated rings. The fraction of sp³-hybridized carbons (Fsp3) is 0. The summed E-state index contributed by atoms with van der Waals surface area (Å²) in [4.78, 5) is 4.77. The van der Waals surface area contributed by atoms with Crippen LogP contribution >= 0.6 is 15.9 Å². The lowest BCUT2D eigenvalue weighted by molar-refractivity contribution is 0.954. The first-order chi connectivity index (χ1) is 11.2. The molecule has 2 aromatic carbocycles. The fourth-order valence-electron chi connectivity index (χ4n) is 2.58. The first-order valence-corrected chi connectivity index (χ1v) is 7.97. The molecule has 2 N–H and O–H groups in total. The van der Waals surface area contributed by atoms with Crippen LogP contribution in [0.2, 0.25) is 0 Å². The Kier molecular flexibility index (Phi) is 3.35. The average molecular weight is 365 g/mol. The summed E-state index contributed by atoms with van der Waals surface area (Å²) >= 11 is 3.46. The van der Waals surface area contributed by atoms with Crippen LogP contribution in [0.25, 0.3) is 28.0 Å². The molecule has 0 saturated heterocycles. The van der Waals surface area contributed by atoms with E-state index in [1.807, 2.05) is 60.7 Å². The molecule has 0 saturated carbocycles. The number of hydrogen-bond acceptors (Lipinski definition) is 3. The predicted molar refractivity (Wildman–Crippen MR) is 96.0 cm³/mol. The smallest absolute Gasteiger partial charge is 0.165 e. The highest BCUT2D eigenvalue weighted by Gasteiger charge is 2.12. The topological polar surface area (TPSA) is 56.2 Å². The summed E-state index contributed by atoms with van der Waals surface area (Å²) < 4.78 is 2.71. The number of hydrogen-bond donors (Lipinski definition) is 1. The van der Waals surface area contributed by atoms with Gasteiger partial charge in [0.15, 0.2) is 5.65 Å². The van der Waals surface area contributed by atoms with Gasteiger partial charge in [-0.3, -0.25) is 0 Å². The van der Waals surface area contributed by atoms with Crippen molar-refractivity contribution in [1.82, 2.24) is 14.6 Å². The van der Waals surface area contributed by atoms with Crippen molar-refractivity contribution in [2.24, 2.45) is 0 Å². The van der Waals surface area contributed by atoms with Crippen molar-refractivity contribution >= 4 is 27.4 Å². The van der Waals surface area contributed by atoms with Crippen LogP contribution in [0.4, 0.5) is 5.82 Å². The van der Waals surface area contributed by atoms with E-state index in [1.165, 1.54) is 0 Å². The van der Waals surface area contributed by atoms with Gasteiger partial charge in [0.1, 0.15) is 5.82 Å². The van der Waals surface area contributed by atoms with Gasteiger partial charge in [-0.2, -0.15) is 9.61 Å². The number of rotatable bonds is 2. The minimum Gasteiger partial charge on any atom is -0.384 e. The zero-order valence-electron chi connectivity index (χ0n) is 12.1. The van der Waals surface area contributed by atoms with Gasteiger partial charge in [-0.25, -0.2) is 4.98 Å². The number of aromatic nitrogens is 3. The second-order valence-electron chi connectivity index (χ2n) is 5.23. The molecule has 23 heavy (non-hydrogen) atoms. The number of nitrogen functional groups attached to an aromatic ring is 1. The van der Waals surface area contributed by atoms with Crippen molar-refractivity contribution < 1.29 is 0 Å². The Balaban J connectivity index is 1.94. The highest BCUT2D eigenvalue weighted by molar-refractivity contribution is 9.10. The first-order valence-electron chi connectivity index (χ1n) is 7.18. The van der Waals surface area contributed by atoms with Crippen LogP contribution in [0.15, 0.2) is 71.3 Å². The van der Waals surface area contributed by atoms with Crippen molar-refractivity contribution in [2.75, 3.05) is 5.73 Å². The molecular formula is C18H13BrN4. The predicted octanol–water partition coefficient (Wildman–Crippen LogP) is 4.41. The number of fused-ring (bicyclic) bond motifs is 1. The van der Waals surface area contributed by atoms with Gasteiger partial charge in [-0.1, -0.05) is 58.4 Å². The van der Waals surface area contributed by atoms with E-state index in [1.54, 1.807) is 10.7 Å². The summed E-state index contributed by atoms with van der Waals surface area (Å²) in [6, 6.07) is 19.9. The Morgan fingerprint density at radius 3 is 2.39 bits per heavy atom. The summed E-state index contributed by atoms with van der Waals surface area (Å²) in [6.45, 7) is 0.